The van der Waals surface area contributed by atoms with Crippen molar-refractivity contribution in [3.63, 3.8) is 0 Å². The molecule has 2 aliphatic heterocycles. The molecule has 3 aliphatic carbocycles. The summed E-state index contributed by atoms with van der Waals surface area (Å²) in [7, 11) is -3.13. The Hall–Kier alpha value is -1.70. The molecule has 1 saturated carbocycles. The van der Waals surface area contributed by atoms with Gasteiger partial charge >= 0.3 is 5.97 Å². The summed E-state index contributed by atoms with van der Waals surface area (Å²) in [4.78, 5) is 24.6. The van der Waals surface area contributed by atoms with E-state index in [4.69, 9.17) is 4.74 Å². The molecular formula is C19H26N2O5S. The second-order valence-corrected chi connectivity index (χ2v) is 11.0. The number of nitrogens with zero attached hydrogens (tertiary/aromatic N) is 2. The maximum absolute atomic E-state index is 12.5. The lowest BCUT2D eigenvalue weighted by Crippen LogP contribution is -2.49. The Labute approximate surface area is 159 Å². The molecule has 0 unspecified atom stereocenters. The lowest BCUT2D eigenvalue weighted by Gasteiger charge is -2.56. The number of amides is 1. The van der Waals surface area contributed by atoms with Gasteiger partial charge in [-0.15, -0.1) is 0 Å². The van der Waals surface area contributed by atoms with Gasteiger partial charge in [0.1, 0.15) is 12.3 Å². The molecule has 148 valence electrons. The molecular weight excluding hydrogens is 368 g/mol. The minimum absolute atomic E-state index is 0.0586. The van der Waals surface area contributed by atoms with Crippen molar-refractivity contribution in [1.82, 2.24) is 5.01 Å². The summed E-state index contributed by atoms with van der Waals surface area (Å²) in [5, 5.41) is 5.37. The fourth-order valence-corrected chi connectivity index (χ4v) is 6.54. The molecule has 1 amide bonds. The average molecular weight is 394 g/mol. The first-order valence-electron chi connectivity index (χ1n) is 9.63. The van der Waals surface area contributed by atoms with Crippen molar-refractivity contribution in [1.29, 1.82) is 0 Å². The van der Waals surface area contributed by atoms with Crippen LogP contribution in [-0.2, 0) is 24.2 Å². The van der Waals surface area contributed by atoms with Gasteiger partial charge in [-0.3, -0.25) is 4.79 Å². The van der Waals surface area contributed by atoms with Crippen molar-refractivity contribution < 1.29 is 22.7 Å². The highest BCUT2D eigenvalue weighted by Crippen LogP contribution is 2.59. The molecule has 27 heavy (non-hydrogen) atoms. The predicted octanol–water partition coefficient (Wildman–Crippen LogP) is 1.69. The van der Waals surface area contributed by atoms with Crippen molar-refractivity contribution in [2.75, 3.05) is 18.1 Å². The van der Waals surface area contributed by atoms with Crippen molar-refractivity contribution in [2.24, 2.45) is 22.4 Å². The van der Waals surface area contributed by atoms with E-state index in [-0.39, 0.29) is 48.0 Å². The molecule has 1 saturated heterocycles. The number of fused-ring (bicyclic) bond motifs is 1. The van der Waals surface area contributed by atoms with Crippen LogP contribution in [0.3, 0.4) is 0 Å². The Kier molecular flexibility index (Phi) is 4.44. The monoisotopic (exact) mass is 394 g/mol. The molecule has 2 heterocycles. The normalized spacial score (nSPS) is 33.8. The summed E-state index contributed by atoms with van der Waals surface area (Å²) in [5.41, 5.74) is 1.67. The number of allylic oxidation sites excluding steroid dienone is 1. The van der Waals surface area contributed by atoms with E-state index < -0.39 is 21.8 Å². The maximum atomic E-state index is 12.5. The van der Waals surface area contributed by atoms with E-state index in [2.05, 4.69) is 25.0 Å². The van der Waals surface area contributed by atoms with Crippen LogP contribution in [0.15, 0.2) is 16.8 Å². The van der Waals surface area contributed by atoms with Gasteiger partial charge in [0.15, 0.2) is 9.84 Å². The fourth-order valence-electron chi connectivity index (χ4n) is 4.84. The Morgan fingerprint density at radius 2 is 2.15 bits per heavy atom. The zero-order valence-corrected chi connectivity index (χ0v) is 16.6. The van der Waals surface area contributed by atoms with E-state index in [9.17, 15) is 18.0 Å². The highest BCUT2D eigenvalue weighted by molar-refractivity contribution is 7.91. The van der Waals surface area contributed by atoms with Crippen LogP contribution in [0.25, 0.3) is 0 Å². The van der Waals surface area contributed by atoms with Crippen molar-refractivity contribution in [2.45, 2.75) is 52.0 Å². The average Bonchev–Trinajstić information content (AvgIpc) is 2.99. The van der Waals surface area contributed by atoms with Crippen LogP contribution in [0.5, 0.6) is 0 Å². The molecule has 0 aromatic carbocycles. The number of carbonyl (C=O) groups is 2. The molecule has 0 spiro atoms. The van der Waals surface area contributed by atoms with Gasteiger partial charge in [-0.2, -0.15) is 5.10 Å². The number of ether oxygens (including phenoxy) is 1. The first-order valence-corrected chi connectivity index (χ1v) is 11.5. The molecule has 3 atom stereocenters. The highest BCUT2D eigenvalue weighted by atomic mass is 32.2. The minimum Gasteiger partial charge on any atom is -0.457 e. The maximum Gasteiger partial charge on any atom is 0.354 e. The van der Waals surface area contributed by atoms with Crippen LogP contribution in [0.4, 0.5) is 0 Å². The van der Waals surface area contributed by atoms with Gasteiger partial charge in [0.25, 0.3) is 0 Å². The number of esters is 1. The Morgan fingerprint density at radius 1 is 1.37 bits per heavy atom. The molecule has 0 N–H and O–H groups in total. The molecule has 5 rings (SSSR count). The first kappa shape index (κ1) is 18.7. The number of hydrogen-bond donors (Lipinski definition) is 0. The first-order chi connectivity index (χ1) is 12.7. The third-order valence-electron chi connectivity index (χ3n) is 6.80. The fraction of sp³-hybridized carbons (Fsp3) is 0.737. The van der Waals surface area contributed by atoms with Gasteiger partial charge < -0.3 is 4.74 Å². The van der Waals surface area contributed by atoms with Crippen LogP contribution < -0.4 is 0 Å². The van der Waals surface area contributed by atoms with Gasteiger partial charge in [-0.05, 0) is 42.1 Å². The van der Waals surface area contributed by atoms with Gasteiger partial charge in [-0.25, -0.2) is 18.2 Å². The number of rotatable bonds is 4. The number of hydrogen-bond acceptors (Lipinski definition) is 6. The lowest BCUT2D eigenvalue weighted by molar-refractivity contribution is -0.137. The zero-order valence-electron chi connectivity index (χ0n) is 15.8. The van der Waals surface area contributed by atoms with E-state index in [1.165, 1.54) is 10.6 Å². The predicted molar refractivity (Wildman–Crippen MR) is 99.6 cm³/mol. The Balaban J connectivity index is 1.40. The van der Waals surface area contributed by atoms with E-state index in [0.29, 0.717) is 12.3 Å². The largest absolute Gasteiger partial charge is 0.457 e. The second kappa shape index (κ2) is 6.43. The molecule has 7 nitrogen and oxygen atoms in total. The van der Waals surface area contributed by atoms with Crippen LogP contribution >= 0.6 is 0 Å². The molecule has 0 aromatic rings. The topological polar surface area (TPSA) is 93.1 Å². The van der Waals surface area contributed by atoms with Crippen molar-refractivity contribution in [3.05, 3.63) is 11.6 Å². The number of sulfone groups is 1. The van der Waals surface area contributed by atoms with Gasteiger partial charge in [0, 0.05) is 12.8 Å². The quantitative estimate of drug-likeness (QED) is 0.534. The van der Waals surface area contributed by atoms with Crippen LogP contribution in [0.1, 0.15) is 46.0 Å². The van der Waals surface area contributed by atoms with Crippen LogP contribution in [-0.4, -0.2) is 55.2 Å². The molecule has 0 aromatic heterocycles. The second-order valence-electron chi connectivity index (χ2n) is 8.74. The van der Waals surface area contributed by atoms with Crippen LogP contribution in [0, 0.1) is 17.3 Å². The molecule has 2 fully saturated rings. The van der Waals surface area contributed by atoms with E-state index in [1.54, 1.807) is 0 Å². The van der Waals surface area contributed by atoms with Gasteiger partial charge in [-0.1, -0.05) is 19.9 Å². The molecule has 0 radical (unpaired) electrons. The van der Waals surface area contributed by atoms with Crippen molar-refractivity contribution >= 4 is 27.4 Å². The van der Waals surface area contributed by atoms with Gasteiger partial charge in [0.2, 0.25) is 5.91 Å². The molecule has 2 bridgehead atoms. The summed E-state index contributed by atoms with van der Waals surface area (Å²) in [6.45, 7) is 4.81. The molecule has 8 heteroatoms. The Morgan fingerprint density at radius 3 is 2.78 bits per heavy atom. The summed E-state index contributed by atoms with van der Waals surface area (Å²) in [5.74, 6) is 0.434. The van der Waals surface area contributed by atoms with Gasteiger partial charge in [0.05, 0.1) is 17.5 Å². The number of carbonyl (C=O) groups excluding carboxylic acids is 2. The summed E-state index contributed by atoms with van der Waals surface area (Å²) in [6, 6.07) is -0.473. The molecule has 5 aliphatic rings. The number of hydrazone groups is 1. The standard InChI is InChI=1S/C19H26N2O5S/c1-19(2)13-4-3-12(15(19)9-13)10-26-18(23)16-5-6-17(22)21(20-16)14-7-8-27(24,25)11-14/h3,13-15H,4-11H2,1-2H3/t13-,14+,15+/m0/s1. The van der Waals surface area contributed by atoms with Crippen molar-refractivity contribution in [3.8, 4) is 0 Å². The smallest absolute Gasteiger partial charge is 0.354 e. The third kappa shape index (κ3) is 3.32. The highest BCUT2D eigenvalue weighted by Gasteiger charge is 2.51. The minimum atomic E-state index is -3.13. The zero-order chi connectivity index (χ0) is 19.4. The Bertz CT molecular complexity index is 842. The summed E-state index contributed by atoms with van der Waals surface area (Å²) >= 11 is 0. The lowest BCUT2D eigenvalue weighted by atomic mass is 9.49. The van der Waals surface area contributed by atoms with E-state index in [0.717, 1.165) is 18.8 Å². The summed E-state index contributed by atoms with van der Waals surface area (Å²) < 4.78 is 28.9. The summed E-state index contributed by atoms with van der Waals surface area (Å²) in [6.07, 6.45) is 5.16. The third-order valence-corrected chi connectivity index (χ3v) is 8.55. The van der Waals surface area contributed by atoms with E-state index >= 15 is 0 Å². The SMILES string of the molecule is CC1(C)[C@H]2CC=C(COC(=O)C3=NN([C@@H]4CCS(=O)(=O)C4)C(=O)CC3)[C@H]1C2. The van der Waals surface area contributed by atoms with E-state index in [1.807, 2.05) is 0 Å². The van der Waals surface area contributed by atoms with Crippen LogP contribution in [0.2, 0.25) is 0 Å².